The molecule has 0 radical (unpaired) electrons. The molecule has 0 aliphatic rings. The summed E-state index contributed by atoms with van der Waals surface area (Å²) in [5.74, 6) is 6.65. The summed E-state index contributed by atoms with van der Waals surface area (Å²) in [6, 6.07) is 0. The number of hydrogen-bond acceptors (Lipinski definition) is 2. The first-order valence-electron chi connectivity index (χ1n) is 2.12. The van der Waals surface area contributed by atoms with Crippen molar-refractivity contribution in [3.05, 3.63) is 5.84 Å². The smallest absolute Gasteiger partial charge is 0.0896 e. The highest BCUT2D eigenvalue weighted by Crippen LogP contribution is 1.62. The second-order valence-electron chi connectivity index (χ2n) is 1.05. The summed E-state index contributed by atoms with van der Waals surface area (Å²) in [6.45, 7) is 2.28. The van der Waals surface area contributed by atoms with E-state index in [-0.39, 0.29) is 5.17 Å². The van der Waals surface area contributed by atoms with Crippen molar-refractivity contribution in [1.29, 1.82) is 0 Å². The molecule has 0 rings (SSSR count). The molecule has 0 amide bonds. The highest BCUT2D eigenvalue weighted by Gasteiger charge is 1.81. The van der Waals surface area contributed by atoms with Gasteiger partial charge in [-0.3, -0.25) is 0 Å². The van der Waals surface area contributed by atoms with Crippen LogP contribution >= 0.6 is 0 Å². The maximum absolute atomic E-state index is 6.65. The zero-order chi connectivity index (χ0) is 5.70. The molecule has 0 bridgehead atoms. The number of rotatable bonds is 3. The molecule has 0 saturated carbocycles. The van der Waals surface area contributed by atoms with Crippen molar-refractivity contribution in [2.45, 2.75) is 6.92 Å². The van der Waals surface area contributed by atoms with Crippen LogP contribution in [0.1, 0.15) is 6.92 Å². The molecule has 4 heteroatoms. The van der Waals surface area contributed by atoms with E-state index in [4.69, 9.17) is 5.84 Å². The molecule has 0 aliphatic carbocycles. The molecule has 1 atom stereocenters. The molecular formula is C3H10N2O2. The fourth-order valence-corrected chi connectivity index (χ4v) is 0.147. The van der Waals surface area contributed by atoms with Gasteiger partial charge in [-0.1, -0.05) is 0 Å². The van der Waals surface area contributed by atoms with Gasteiger partial charge in [-0.2, -0.15) is 4.89 Å². The normalized spacial score (nSPS) is 14.1. The fourth-order valence-electron chi connectivity index (χ4n) is 0.147. The lowest BCUT2D eigenvalue weighted by Gasteiger charge is -2.08. The Balaban J connectivity index is 2.68. The molecule has 44 valence electrons. The Morgan fingerprint density at radius 2 is 2.29 bits per heavy atom. The highest BCUT2D eigenvalue weighted by molar-refractivity contribution is 3.90. The van der Waals surface area contributed by atoms with E-state index in [1.807, 2.05) is 0 Å². The predicted molar refractivity (Wildman–Crippen MR) is 23.9 cm³/mol. The topological polar surface area (TPSA) is 46.7 Å². The summed E-state index contributed by atoms with van der Waals surface area (Å²) in [6.07, 6.45) is 0. The van der Waals surface area contributed by atoms with Crippen molar-refractivity contribution < 1.29 is 15.0 Å². The SMILES string of the molecule is CCOO[NH+](C)[NH-]. The number of quaternary nitrogens is 1. The van der Waals surface area contributed by atoms with E-state index < -0.39 is 0 Å². The zero-order valence-electron chi connectivity index (χ0n) is 4.52. The van der Waals surface area contributed by atoms with Crippen LogP contribution in [0, 0.1) is 0 Å². The van der Waals surface area contributed by atoms with Gasteiger partial charge in [0.25, 0.3) is 0 Å². The van der Waals surface area contributed by atoms with Gasteiger partial charge >= 0.3 is 0 Å². The second kappa shape index (κ2) is 4.01. The molecular weight excluding hydrogens is 96.0 g/mol. The third-order valence-electron chi connectivity index (χ3n) is 0.302. The minimum absolute atomic E-state index is 0.0850. The standard InChI is InChI=1S/C3H10N2O2/c1-3-6-7-5(2)4/h4-5H,3H2,1-2H3. The Labute approximate surface area is 42.6 Å². The first-order valence-corrected chi connectivity index (χ1v) is 2.12. The molecule has 0 fully saturated rings. The number of nitrogens with one attached hydrogen (secondary N) is 2. The van der Waals surface area contributed by atoms with Gasteiger partial charge in [-0.15, -0.1) is 0 Å². The molecule has 0 aromatic heterocycles. The molecule has 0 saturated heterocycles. The van der Waals surface area contributed by atoms with Crippen molar-refractivity contribution in [1.82, 2.24) is 0 Å². The van der Waals surface area contributed by atoms with Crippen LogP contribution < -0.4 is 5.17 Å². The van der Waals surface area contributed by atoms with E-state index in [9.17, 15) is 0 Å². The van der Waals surface area contributed by atoms with Crippen LogP contribution in [0.4, 0.5) is 0 Å². The highest BCUT2D eigenvalue weighted by atomic mass is 17.3. The van der Waals surface area contributed by atoms with Crippen LogP contribution in [0.3, 0.4) is 0 Å². The van der Waals surface area contributed by atoms with E-state index in [0.717, 1.165) is 0 Å². The van der Waals surface area contributed by atoms with Gasteiger partial charge in [-0.25, -0.2) is 5.17 Å². The molecule has 4 nitrogen and oxygen atoms in total. The summed E-state index contributed by atoms with van der Waals surface area (Å²) in [5.41, 5.74) is 0. The van der Waals surface area contributed by atoms with Crippen molar-refractivity contribution in [2.75, 3.05) is 13.7 Å². The average Bonchev–Trinajstić information content (AvgIpc) is 1.61. The first kappa shape index (κ1) is 6.84. The minimum Gasteiger partial charge on any atom is -0.432 e. The molecule has 7 heavy (non-hydrogen) atoms. The number of hydrogen-bond donors (Lipinski definition) is 1. The van der Waals surface area contributed by atoms with E-state index >= 15 is 0 Å². The van der Waals surface area contributed by atoms with Crippen LogP contribution in [-0.2, 0) is 9.88 Å². The average molecular weight is 106 g/mol. The van der Waals surface area contributed by atoms with E-state index in [2.05, 4.69) is 9.88 Å². The van der Waals surface area contributed by atoms with Crippen LogP contribution in [0.5, 0.6) is 0 Å². The van der Waals surface area contributed by atoms with Gasteiger partial charge in [0.15, 0.2) is 0 Å². The summed E-state index contributed by atoms with van der Waals surface area (Å²) < 4.78 is 0. The van der Waals surface area contributed by atoms with Gasteiger partial charge in [0.05, 0.1) is 13.7 Å². The van der Waals surface area contributed by atoms with Crippen LogP contribution in [-0.4, -0.2) is 13.7 Å². The molecule has 1 unspecified atom stereocenters. The zero-order valence-corrected chi connectivity index (χ0v) is 4.52. The Bertz CT molecular complexity index is 39.9. The molecule has 0 aromatic rings. The third kappa shape index (κ3) is 5.84. The van der Waals surface area contributed by atoms with E-state index in [1.54, 1.807) is 6.92 Å². The monoisotopic (exact) mass is 106 g/mol. The second-order valence-corrected chi connectivity index (χ2v) is 1.05. The van der Waals surface area contributed by atoms with Gasteiger partial charge < -0.3 is 5.84 Å². The minimum atomic E-state index is 0.0850. The summed E-state index contributed by atoms with van der Waals surface area (Å²) in [4.78, 5) is 8.64. The molecule has 0 aliphatic heterocycles. The maximum atomic E-state index is 6.65. The molecule has 2 N–H and O–H groups in total. The van der Waals surface area contributed by atoms with Crippen molar-refractivity contribution in [3.63, 3.8) is 0 Å². The Hall–Kier alpha value is -0.160. The van der Waals surface area contributed by atoms with Crippen molar-refractivity contribution in [2.24, 2.45) is 0 Å². The van der Waals surface area contributed by atoms with Crippen LogP contribution in [0.15, 0.2) is 0 Å². The van der Waals surface area contributed by atoms with Gasteiger partial charge in [0, 0.05) is 0 Å². The number of hydroxylamine groups is 1. The van der Waals surface area contributed by atoms with Crippen molar-refractivity contribution >= 4 is 0 Å². The summed E-state index contributed by atoms with van der Waals surface area (Å²) in [7, 11) is 1.51. The lowest BCUT2D eigenvalue weighted by molar-refractivity contribution is -1.09. The van der Waals surface area contributed by atoms with E-state index in [0.29, 0.717) is 6.61 Å². The molecule has 0 spiro atoms. The summed E-state index contributed by atoms with van der Waals surface area (Å²) in [5, 5.41) is 0.0850. The third-order valence-corrected chi connectivity index (χ3v) is 0.302. The maximum Gasteiger partial charge on any atom is 0.0896 e. The van der Waals surface area contributed by atoms with E-state index in [1.165, 1.54) is 7.05 Å². The summed E-state index contributed by atoms with van der Waals surface area (Å²) >= 11 is 0. The molecule has 0 aromatic carbocycles. The largest absolute Gasteiger partial charge is 0.432 e. The Kier molecular flexibility index (Phi) is 3.92. The molecule has 0 heterocycles. The van der Waals surface area contributed by atoms with Gasteiger partial charge in [0.2, 0.25) is 0 Å². The first-order chi connectivity index (χ1) is 3.27. The Morgan fingerprint density at radius 3 is 2.43 bits per heavy atom. The predicted octanol–water partition coefficient (Wildman–Crippen LogP) is -0.649. The quantitative estimate of drug-likeness (QED) is 0.384. The fraction of sp³-hybridized carbons (Fsp3) is 1.00. The lowest BCUT2D eigenvalue weighted by atomic mass is 10.9. The van der Waals surface area contributed by atoms with Gasteiger partial charge in [0.1, 0.15) is 0 Å². The van der Waals surface area contributed by atoms with Gasteiger partial charge in [-0.05, 0) is 11.9 Å². The lowest BCUT2D eigenvalue weighted by Crippen LogP contribution is -3.00. The van der Waals surface area contributed by atoms with Crippen molar-refractivity contribution in [3.8, 4) is 0 Å². The van der Waals surface area contributed by atoms with Crippen LogP contribution in [0.25, 0.3) is 5.84 Å². The van der Waals surface area contributed by atoms with Crippen LogP contribution in [0.2, 0.25) is 0 Å². The Morgan fingerprint density at radius 1 is 1.71 bits per heavy atom.